The second-order valence-corrected chi connectivity index (χ2v) is 5.89. The van der Waals surface area contributed by atoms with Crippen molar-refractivity contribution >= 4 is 23.6 Å². The van der Waals surface area contributed by atoms with E-state index in [2.05, 4.69) is 12.2 Å². The van der Waals surface area contributed by atoms with Gasteiger partial charge in [-0.25, -0.2) is 0 Å². The first kappa shape index (κ1) is 16.3. The number of carboxylic acids is 1. The van der Waals surface area contributed by atoms with Gasteiger partial charge in [-0.05, 0) is 18.8 Å². The van der Waals surface area contributed by atoms with E-state index in [9.17, 15) is 9.59 Å². The number of carbonyl (C=O) groups is 2. The van der Waals surface area contributed by atoms with E-state index in [4.69, 9.17) is 9.84 Å². The number of aliphatic carboxylic acids is 1. The minimum absolute atomic E-state index is 0.0382. The van der Waals surface area contributed by atoms with E-state index in [0.717, 1.165) is 18.2 Å². The number of ether oxygens (including phenoxy) is 1. The molecule has 5 nitrogen and oxygen atoms in total. The average molecular weight is 289 g/mol. The fourth-order valence-electron chi connectivity index (χ4n) is 2.21. The SMILES string of the molecule is CC1CCCCC1OCCNC(=O)CSCC(=O)O. The van der Waals surface area contributed by atoms with E-state index in [0.29, 0.717) is 25.2 Å². The maximum atomic E-state index is 11.4. The molecule has 0 aromatic rings. The third-order valence-corrected chi connectivity index (χ3v) is 4.17. The van der Waals surface area contributed by atoms with Gasteiger partial charge < -0.3 is 15.2 Å². The lowest BCUT2D eigenvalue weighted by atomic mass is 9.88. The average Bonchev–Trinajstić information content (AvgIpc) is 2.36. The summed E-state index contributed by atoms with van der Waals surface area (Å²) in [4.78, 5) is 21.6. The van der Waals surface area contributed by atoms with Crippen LogP contribution in [0.1, 0.15) is 32.6 Å². The van der Waals surface area contributed by atoms with Crippen molar-refractivity contribution < 1.29 is 19.4 Å². The number of amides is 1. The van der Waals surface area contributed by atoms with E-state index in [1.807, 2.05) is 0 Å². The first-order valence-electron chi connectivity index (χ1n) is 6.77. The molecule has 19 heavy (non-hydrogen) atoms. The highest BCUT2D eigenvalue weighted by Gasteiger charge is 2.21. The molecule has 6 heteroatoms. The molecular weight excluding hydrogens is 266 g/mol. The molecule has 0 spiro atoms. The van der Waals surface area contributed by atoms with Crippen LogP contribution in [0.5, 0.6) is 0 Å². The Bertz CT molecular complexity index is 298. The molecule has 0 aliphatic heterocycles. The van der Waals surface area contributed by atoms with Crippen LogP contribution >= 0.6 is 11.8 Å². The third-order valence-electron chi connectivity index (χ3n) is 3.25. The summed E-state index contributed by atoms with van der Waals surface area (Å²) >= 11 is 1.10. The Balaban J connectivity index is 2.00. The maximum absolute atomic E-state index is 11.4. The van der Waals surface area contributed by atoms with Crippen LogP contribution in [0.4, 0.5) is 0 Å². The van der Waals surface area contributed by atoms with Gasteiger partial charge in [0.1, 0.15) is 0 Å². The zero-order valence-corrected chi connectivity index (χ0v) is 12.2. The van der Waals surface area contributed by atoms with Crippen LogP contribution in [-0.2, 0) is 14.3 Å². The van der Waals surface area contributed by atoms with E-state index in [1.54, 1.807) is 0 Å². The summed E-state index contributed by atoms with van der Waals surface area (Å²) in [5.74, 6) is -0.273. The smallest absolute Gasteiger partial charge is 0.313 e. The van der Waals surface area contributed by atoms with Crippen molar-refractivity contribution in [3.63, 3.8) is 0 Å². The van der Waals surface area contributed by atoms with Crippen molar-refractivity contribution in [2.75, 3.05) is 24.7 Å². The zero-order valence-electron chi connectivity index (χ0n) is 11.4. The highest BCUT2D eigenvalue weighted by molar-refractivity contribution is 8.00. The van der Waals surface area contributed by atoms with Crippen molar-refractivity contribution in [1.82, 2.24) is 5.32 Å². The first-order chi connectivity index (χ1) is 9.09. The molecule has 0 aromatic carbocycles. The van der Waals surface area contributed by atoms with Gasteiger partial charge in [0.2, 0.25) is 5.91 Å². The van der Waals surface area contributed by atoms with Crippen LogP contribution in [0, 0.1) is 5.92 Å². The molecule has 0 heterocycles. The van der Waals surface area contributed by atoms with Gasteiger partial charge in [-0.2, -0.15) is 0 Å². The number of carbonyl (C=O) groups excluding carboxylic acids is 1. The molecule has 1 aliphatic carbocycles. The van der Waals surface area contributed by atoms with Crippen molar-refractivity contribution in [1.29, 1.82) is 0 Å². The monoisotopic (exact) mass is 289 g/mol. The molecule has 110 valence electrons. The third kappa shape index (κ3) is 7.42. The fourth-order valence-corrected chi connectivity index (χ4v) is 2.78. The van der Waals surface area contributed by atoms with E-state index in [1.165, 1.54) is 19.3 Å². The Labute approximate surface area is 118 Å². The summed E-state index contributed by atoms with van der Waals surface area (Å²) in [6.45, 7) is 3.24. The van der Waals surface area contributed by atoms with E-state index in [-0.39, 0.29) is 17.4 Å². The molecule has 1 rings (SSSR count). The lowest BCUT2D eigenvalue weighted by Crippen LogP contribution is -2.32. The Kier molecular flexibility index (Phi) is 7.90. The number of rotatable bonds is 8. The van der Waals surface area contributed by atoms with Gasteiger partial charge in [-0.3, -0.25) is 9.59 Å². The van der Waals surface area contributed by atoms with E-state index < -0.39 is 5.97 Å². The lowest BCUT2D eigenvalue weighted by molar-refractivity contribution is -0.133. The quantitative estimate of drug-likeness (QED) is 0.663. The van der Waals surface area contributed by atoms with Gasteiger partial charge in [0.25, 0.3) is 0 Å². The highest BCUT2D eigenvalue weighted by atomic mass is 32.2. The minimum Gasteiger partial charge on any atom is -0.481 e. The number of carboxylic acid groups (broad SMARTS) is 1. The van der Waals surface area contributed by atoms with Crippen molar-refractivity contribution in [3.05, 3.63) is 0 Å². The summed E-state index contributed by atoms with van der Waals surface area (Å²) in [5, 5.41) is 11.2. The molecule has 0 aromatic heterocycles. The van der Waals surface area contributed by atoms with Crippen LogP contribution in [0.25, 0.3) is 0 Å². The molecule has 2 N–H and O–H groups in total. The molecule has 2 unspecified atom stereocenters. The second kappa shape index (κ2) is 9.20. The Hall–Kier alpha value is -0.750. The molecule has 1 aliphatic rings. The number of nitrogens with one attached hydrogen (secondary N) is 1. The van der Waals surface area contributed by atoms with Crippen molar-refractivity contribution in [3.8, 4) is 0 Å². The first-order valence-corrected chi connectivity index (χ1v) is 7.93. The van der Waals surface area contributed by atoms with Gasteiger partial charge in [-0.1, -0.05) is 19.8 Å². The molecule has 0 saturated heterocycles. The Morgan fingerprint density at radius 2 is 2.05 bits per heavy atom. The Morgan fingerprint density at radius 3 is 2.74 bits per heavy atom. The second-order valence-electron chi connectivity index (χ2n) is 4.91. The van der Waals surface area contributed by atoms with Gasteiger partial charge in [0, 0.05) is 6.54 Å². The van der Waals surface area contributed by atoms with Gasteiger partial charge in [0.15, 0.2) is 0 Å². The number of hydrogen-bond donors (Lipinski definition) is 2. The summed E-state index contributed by atoms with van der Waals surface area (Å²) in [6, 6.07) is 0. The molecule has 0 radical (unpaired) electrons. The topological polar surface area (TPSA) is 75.6 Å². The normalized spacial score (nSPS) is 23.0. The van der Waals surface area contributed by atoms with Crippen LogP contribution in [-0.4, -0.2) is 47.7 Å². The lowest BCUT2D eigenvalue weighted by Gasteiger charge is -2.28. The fraction of sp³-hybridized carbons (Fsp3) is 0.846. The number of hydrogen-bond acceptors (Lipinski definition) is 4. The molecule has 1 fully saturated rings. The predicted octanol–water partition coefficient (Wildman–Crippen LogP) is 1.52. The van der Waals surface area contributed by atoms with Crippen molar-refractivity contribution in [2.45, 2.75) is 38.7 Å². The summed E-state index contributed by atoms with van der Waals surface area (Å²) in [5.41, 5.74) is 0. The summed E-state index contributed by atoms with van der Waals surface area (Å²) in [7, 11) is 0. The van der Waals surface area contributed by atoms with Crippen LogP contribution < -0.4 is 5.32 Å². The van der Waals surface area contributed by atoms with E-state index >= 15 is 0 Å². The highest BCUT2D eigenvalue weighted by Crippen LogP contribution is 2.25. The predicted molar refractivity (Wildman–Crippen MR) is 75.3 cm³/mol. The summed E-state index contributed by atoms with van der Waals surface area (Å²) < 4.78 is 5.77. The largest absolute Gasteiger partial charge is 0.481 e. The molecule has 0 bridgehead atoms. The Morgan fingerprint density at radius 1 is 1.32 bits per heavy atom. The van der Waals surface area contributed by atoms with Gasteiger partial charge in [-0.15, -0.1) is 11.8 Å². The molecular formula is C13H23NO4S. The van der Waals surface area contributed by atoms with Crippen LogP contribution in [0.3, 0.4) is 0 Å². The molecule has 2 atom stereocenters. The molecule has 1 amide bonds. The standard InChI is InChI=1S/C13H23NO4S/c1-10-4-2-3-5-11(10)18-7-6-14-12(15)8-19-9-13(16)17/h10-11H,2-9H2,1H3,(H,14,15)(H,16,17). The number of thioether (sulfide) groups is 1. The van der Waals surface area contributed by atoms with Gasteiger partial charge in [0.05, 0.1) is 24.2 Å². The maximum Gasteiger partial charge on any atom is 0.313 e. The summed E-state index contributed by atoms with van der Waals surface area (Å²) in [6.07, 6.45) is 5.19. The minimum atomic E-state index is -0.896. The van der Waals surface area contributed by atoms with Gasteiger partial charge >= 0.3 is 5.97 Å². The van der Waals surface area contributed by atoms with Crippen LogP contribution in [0.2, 0.25) is 0 Å². The molecule has 1 saturated carbocycles. The van der Waals surface area contributed by atoms with Crippen LogP contribution in [0.15, 0.2) is 0 Å². The van der Waals surface area contributed by atoms with Crippen molar-refractivity contribution in [2.24, 2.45) is 5.92 Å². The zero-order chi connectivity index (χ0) is 14.1.